The fraction of sp³-hybridized carbons (Fsp3) is 0.286. The number of esters is 1. The van der Waals surface area contributed by atoms with E-state index in [9.17, 15) is 14.4 Å². The molecule has 0 atom stereocenters. The van der Waals surface area contributed by atoms with Crippen LogP contribution in [-0.4, -0.2) is 36.5 Å². The molecule has 0 aromatic heterocycles. The summed E-state index contributed by atoms with van der Waals surface area (Å²) in [6.45, 7) is -0.234. The third-order valence-corrected chi connectivity index (χ3v) is 1.38. The van der Waals surface area contributed by atoms with Crippen LogP contribution in [0.3, 0.4) is 0 Å². The second-order valence-electron chi connectivity index (χ2n) is 2.25. The highest BCUT2D eigenvalue weighted by Gasteiger charge is 2.22. The lowest BCUT2D eigenvalue weighted by Crippen LogP contribution is -2.41. The summed E-state index contributed by atoms with van der Waals surface area (Å²) in [5.74, 6) is -1.19. The average molecular weight is 183 g/mol. The Balaban J connectivity index is 2.60. The molecule has 6 nitrogen and oxygen atoms in total. The molecule has 1 radical (unpaired) electrons. The minimum absolute atomic E-state index is 0.234. The zero-order chi connectivity index (χ0) is 9.84. The lowest BCUT2D eigenvalue weighted by atomic mass is 10.4. The smallest absolute Gasteiger partial charge is 0.351 e. The summed E-state index contributed by atoms with van der Waals surface area (Å²) >= 11 is 0. The molecule has 1 rings (SSSR count). The monoisotopic (exact) mass is 183 g/mol. The maximum Gasteiger partial charge on any atom is 0.351 e. The molecule has 0 aromatic rings. The minimum Gasteiger partial charge on any atom is -0.468 e. The first-order chi connectivity index (χ1) is 6.13. The van der Waals surface area contributed by atoms with Crippen LogP contribution in [0.1, 0.15) is 0 Å². The highest BCUT2D eigenvalue weighted by Crippen LogP contribution is 1.99. The molecule has 0 aliphatic carbocycles. The van der Waals surface area contributed by atoms with Gasteiger partial charge < -0.3 is 4.74 Å². The van der Waals surface area contributed by atoms with Gasteiger partial charge in [0.05, 0.1) is 7.11 Å². The van der Waals surface area contributed by atoms with E-state index in [2.05, 4.69) is 10.1 Å². The van der Waals surface area contributed by atoms with Gasteiger partial charge in [-0.05, 0) is 0 Å². The molecule has 0 saturated heterocycles. The molecule has 0 aromatic carbocycles. The van der Waals surface area contributed by atoms with Crippen molar-refractivity contribution in [2.45, 2.75) is 0 Å². The van der Waals surface area contributed by atoms with Gasteiger partial charge in [-0.3, -0.25) is 14.5 Å². The molecule has 1 aliphatic heterocycles. The molecule has 0 spiro atoms. The van der Waals surface area contributed by atoms with Gasteiger partial charge in [-0.15, -0.1) is 0 Å². The van der Waals surface area contributed by atoms with Gasteiger partial charge in [-0.1, -0.05) is 0 Å². The molecule has 69 valence electrons. The van der Waals surface area contributed by atoms with Gasteiger partial charge in [0.2, 0.25) is 0 Å². The van der Waals surface area contributed by atoms with E-state index in [0.717, 1.165) is 11.0 Å². The maximum atomic E-state index is 10.9. The van der Waals surface area contributed by atoms with Crippen LogP contribution in [0.5, 0.6) is 0 Å². The largest absolute Gasteiger partial charge is 0.468 e. The number of methoxy groups -OCH3 is 1. The van der Waals surface area contributed by atoms with E-state index in [-0.39, 0.29) is 6.54 Å². The van der Waals surface area contributed by atoms with E-state index in [1.807, 2.05) is 0 Å². The quantitative estimate of drug-likeness (QED) is 0.527. The number of amides is 3. The van der Waals surface area contributed by atoms with Crippen LogP contribution in [0, 0.1) is 0 Å². The van der Waals surface area contributed by atoms with Crippen molar-refractivity contribution in [1.82, 2.24) is 10.2 Å². The third-order valence-electron chi connectivity index (χ3n) is 1.38. The van der Waals surface area contributed by atoms with Crippen LogP contribution in [0.25, 0.3) is 0 Å². The molecule has 1 heterocycles. The van der Waals surface area contributed by atoms with E-state index in [1.54, 1.807) is 0 Å². The van der Waals surface area contributed by atoms with Crippen LogP contribution in [0.15, 0.2) is 12.3 Å². The van der Waals surface area contributed by atoms with Crippen molar-refractivity contribution in [3.8, 4) is 0 Å². The van der Waals surface area contributed by atoms with Crippen molar-refractivity contribution < 1.29 is 19.1 Å². The van der Waals surface area contributed by atoms with Gasteiger partial charge in [-0.2, -0.15) is 5.32 Å². The van der Waals surface area contributed by atoms with E-state index in [0.29, 0.717) is 0 Å². The van der Waals surface area contributed by atoms with Crippen LogP contribution in [0.4, 0.5) is 4.79 Å². The van der Waals surface area contributed by atoms with Gasteiger partial charge in [0, 0.05) is 12.3 Å². The van der Waals surface area contributed by atoms with E-state index in [4.69, 9.17) is 0 Å². The Labute approximate surface area is 74.1 Å². The Morgan fingerprint density at radius 1 is 1.62 bits per heavy atom. The topological polar surface area (TPSA) is 77.8 Å². The SMILES string of the molecule is COC(=O)CN1C=CC(=O)[N]C1=O. The van der Waals surface area contributed by atoms with E-state index < -0.39 is 17.9 Å². The average Bonchev–Trinajstić information content (AvgIpc) is 2.09. The summed E-state index contributed by atoms with van der Waals surface area (Å²) < 4.78 is 4.33. The van der Waals surface area contributed by atoms with Crippen molar-refractivity contribution in [2.75, 3.05) is 13.7 Å². The Hall–Kier alpha value is -1.85. The zero-order valence-corrected chi connectivity index (χ0v) is 6.89. The van der Waals surface area contributed by atoms with Gasteiger partial charge >= 0.3 is 12.0 Å². The number of hydrogen-bond donors (Lipinski definition) is 0. The highest BCUT2D eigenvalue weighted by molar-refractivity contribution is 6.03. The fourth-order valence-corrected chi connectivity index (χ4v) is 0.737. The fourth-order valence-electron chi connectivity index (χ4n) is 0.737. The highest BCUT2D eigenvalue weighted by atomic mass is 16.5. The lowest BCUT2D eigenvalue weighted by Gasteiger charge is -2.17. The van der Waals surface area contributed by atoms with Crippen LogP contribution >= 0.6 is 0 Å². The molecule has 1 aliphatic rings. The summed E-state index contributed by atoms with van der Waals surface area (Å²) in [5.41, 5.74) is 0. The van der Waals surface area contributed by atoms with Gasteiger partial charge in [0.25, 0.3) is 5.91 Å². The van der Waals surface area contributed by atoms with Crippen molar-refractivity contribution in [1.29, 1.82) is 0 Å². The van der Waals surface area contributed by atoms with Gasteiger partial charge in [0.15, 0.2) is 0 Å². The molecular weight excluding hydrogens is 176 g/mol. The van der Waals surface area contributed by atoms with Crippen LogP contribution in [0.2, 0.25) is 0 Å². The third kappa shape index (κ3) is 2.29. The Kier molecular flexibility index (Phi) is 2.63. The van der Waals surface area contributed by atoms with E-state index >= 15 is 0 Å². The summed E-state index contributed by atoms with van der Waals surface area (Å²) in [7, 11) is 1.21. The van der Waals surface area contributed by atoms with Crippen molar-refractivity contribution in [3.63, 3.8) is 0 Å². The number of rotatable bonds is 2. The number of ether oxygens (including phenoxy) is 1. The first kappa shape index (κ1) is 9.24. The zero-order valence-electron chi connectivity index (χ0n) is 6.89. The summed E-state index contributed by atoms with van der Waals surface area (Å²) in [5, 5.41) is 3.10. The Morgan fingerprint density at radius 2 is 2.31 bits per heavy atom. The minimum atomic E-state index is -0.752. The molecular formula is C7H7N2O4. The van der Waals surface area contributed by atoms with Crippen LogP contribution in [-0.2, 0) is 14.3 Å². The standard InChI is InChI=1S/C7H7N2O4/c1-13-6(11)4-9-3-2-5(10)8-7(9)12/h2-3H,4H2,1H3. The first-order valence-corrected chi connectivity index (χ1v) is 3.45. The summed E-state index contributed by atoms with van der Waals surface area (Å²) in [6, 6.07) is -0.752. The molecule has 0 N–H and O–H groups in total. The molecule has 13 heavy (non-hydrogen) atoms. The molecule has 0 fully saturated rings. The number of carbonyl (C=O) groups is 3. The molecule has 0 bridgehead atoms. The molecule has 3 amide bonds. The van der Waals surface area contributed by atoms with Gasteiger partial charge in [-0.25, -0.2) is 4.79 Å². The van der Waals surface area contributed by atoms with Crippen molar-refractivity contribution in [2.24, 2.45) is 0 Å². The maximum absolute atomic E-state index is 10.9. The van der Waals surface area contributed by atoms with Gasteiger partial charge in [0.1, 0.15) is 6.54 Å². The number of urea groups is 1. The predicted octanol–water partition coefficient (Wildman–Crippen LogP) is -0.760. The van der Waals surface area contributed by atoms with Crippen molar-refractivity contribution >= 4 is 17.9 Å². The first-order valence-electron chi connectivity index (χ1n) is 3.45. The van der Waals surface area contributed by atoms with Crippen LogP contribution < -0.4 is 5.32 Å². The number of imide groups is 1. The second kappa shape index (κ2) is 3.70. The van der Waals surface area contributed by atoms with E-state index in [1.165, 1.54) is 13.3 Å². The molecule has 6 heteroatoms. The summed E-state index contributed by atoms with van der Waals surface area (Å²) in [6.07, 6.45) is 2.30. The molecule has 0 saturated carbocycles. The number of nitrogens with zero attached hydrogens (tertiary/aromatic N) is 2. The predicted molar refractivity (Wildman–Crippen MR) is 40.4 cm³/mol. The second-order valence-corrected chi connectivity index (χ2v) is 2.25. The van der Waals surface area contributed by atoms with Crippen molar-refractivity contribution in [3.05, 3.63) is 12.3 Å². The normalized spacial score (nSPS) is 15.6. The number of carbonyl (C=O) groups excluding carboxylic acids is 3. The Morgan fingerprint density at radius 3 is 2.85 bits per heavy atom. The Bertz CT molecular complexity index is 284. The number of hydrogen-bond acceptors (Lipinski definition) is 4. The summed E-state index contributed by atoms with van der Waals surface area (Å²) in [4.78, 5) is 33.2. The lowest BCUT2D eigenvalue weighted by molar-refractivity contribution is -0.141. The molecule has 0 unspecified atom stereocenters.